The molecule has 2 amide bonds. The predicted molar refractivity (Wildman–Crippen MR) is 97.1 cm³/mol. The van der Waals surface area contributed by atoms with E-state index in [0.29, 0.717) is 16.7 Å². The van der Waals surface area contributed by atoms with Crippen molar-refractivity contribution in [2.45, 2.75) is 43.4 Å². The zero-order valence-corrected chi connectivity index (χ0v) is 15.7. The normalized spacial score (nSPS) is 15.7. The van der Waals surface area contributed by atoms with Crippen molar-refractivity contribution in [2.24, 2.45) is 11.7 Å². The molecule has 1 aliphatic carbocycles. The molecule has 0 aliphatic heterocycles. The number of rotatable bonds is 9. The lowest BCUT2D eigenvalue weighted by atomic mass is 9.98. The summed E-state index contributed by atoms with van der Waals surface area (Å²) in [5.74, 6) is 0.563. The Morgan fingerprint density at radius 2 is 2.30 bits per heavy atom. The van der Waals surface area contributed by atoms with Gasteiger partial charge in [0.05, 0.1) is 18.1 Å². The smallest absolute Gasteiger partial charge is 0.231 e. The number of hydrogen-bond acceptors (Lipinski definition) is 7. The maximum absolute atomic E-state index is 12.3. The van der Waals surface area contributed by atoms with E-state index in [1.807, 2.05) is 0 Å². The third-order valence-electron chi connectivity index (χ3n) is 4.40. The van der Waals surface area contributed by atoms with Crippen LogP contribution in [0.25, 0.3) is 11.6 Å². The molecule has 0 saturated heterocycles. The van der Waals surface area contributed by atoms with Gasteiger partial charge in [0.15, 0.2) is 16.7 Å². The van der Waals surface area contributed by atoms with Crippen LogP contribution >= 0.6 is 11.8 Å². The van der Waals surface area contributed by atoms with Crippen LogP contribution in [0, 0.1) is 17.2 Å². The number of nitrogens with one attached hydrogen (secondary N) is 1. The lowest BCUT2D eigenvalue weighted by molar-refractivity contribution is -0.120. The van der Waals surface area contributed by atoms with E-state index in [-0.39, 0.29) is 30.5 Å². The first kappa shape index (κ1) is 19.0. The zero-order chi connectivity index (χ0) is 19.4. The molecule has 0 radical (unpaired) electrons. The number of amides is 2. The van der Waals surface area contributed by atoms with E-state index in [4.69, 9.17) is 10.2 Å². The summed E-state index contributed by atoms with van der Waals surface area (Å²) in [6, 6.07) is 5.66. The van der Waals surface area contributed by atoms with Crippen LogP contribution in [0.3, 0.4) is 0 Å². The molecule has 3 N–H and O–H groups in total. The molecule has 2 aromatic rings. The lowest BCUT2D eigenvalue weighted by Crippen LogP contribution is -2.47. The van der Waals surface area contributed by atoms with Crippen molar-refractivity contribution in [1.29, 1.82) is 5.26 Å². The molecule has 1 saturated carbocycles. The van der Waals surface area contributed by atoms with E-state index in [0.717, 1.165) is 12.8 Å². The number of thioether (sulfide) groups is 1. The van der Waals surface area contributed by atoms with Crippen molar-refractivity contribution in [3.63, 3.8) is 0 Å². The molecule has 0 aromatic carbocycles. The Kier molecular flexibility index (Phi) is 5.51. The van der Waals surface area contributed by atoms with Crippen molar-refractivity contribution >= 4 is 23.6 Å². The highest BCUT2D eigenvalue weighted by Gasteiger charge is 2.43. The molecule has 0 spiro atoms. The van der Waals surface area contributed by atoms with Gasteiger partial charge in [0.1, 0.15) is 5.54 Å². The van der Waals surface area contributed by atoms with Gasteiger partial charge in [-0.25, -0.2) is 0 Å². The fraction of sp³-hybridized carbons (Fsp3) is 0.471. The fourth-order valence-electron chi connectivity index (χ4n) is 2.74. The third-order valence-corrected chi connectivity index (χ3v) is 5.36. The standard InChI is InChI=1S/C17H20N6O3S/c1-17(10-18,11-4-5-11)20-14(25)9-27-16-22-21-15(12-3-2-8-26-12)23(16)7-6-13(19)24/h2-3,8,11H,4-7,9H2,1H3,(H2,19,24)(H,20,25). The van der Waals surface area contributed by atoms with Gasteiger partial charge in [0, 0.05) is 13.0 Å². The van der Waals surface area contributed by atoms with E-state index in [9.17, 15) is 14.9 Å². The van der Waals surface area contributed by atoms with Gasteiger partial charge >= 0.3 is 0 Å². The number of furan rings is 1. The largest absolute Gasteiger partial charge is 0.461 e. The number of nitriles is 1. The van der Waals surface area contributed by atoms with Crippen molar-refractivity contribution in [1.82, 2.24) is 20.1 Å². The van der Waals surface area contributed by atoms with Crippen LogP contribution in [0.2, 0.25) is 0 Å². The first-order chi connectivity index (χ1) is 12.9. The van der Waals surface area contributed by atoms with Crippen LogP contribution in [-0.4, -0.2) is 37.9 Å². The average molecular weight is 388 g/mol. The highest BCUT2D eigenvalue weighted by molar-refractivity contribution is 7.99. The van der Waals surface area contributed by atoms with Gasteiger partial charge < -0.3 is 15.5 Å². The topological polar surface area (TPSA) is 140 Å². The number of hydrogen-bond donors (Lipinski definition) is 2. The van der Waals surface area contributed by atoms with Gasteiger partial charge in [-0.2, -0.15) is 5.26 Å². The molecule has 2 heterocycles. The average Bonchev–Trinajstić information content (AvgIpc) is 3.22. The molecular weight excluding hydrogens is 368 g/mol. The molecule has 1 fully saturated rings. The minimum atomic E-state index is -0.837. The Bertz CT molecular complexity index is 868. The molecule has 2 aromatic heterocycles. The second kappa shape index (κ2) is 7.84. The summed E-state index contributed by atoms with van der Waals surface area (Å²) < 4.78 is 7.06. The zero-order valence-electron chi connectivity index (χ0n) is 14.8. The number of primary amides is 1. The summed E-state index contributed by atoms with van der Waals surface area (Å²) in [5, 5.41) is 20.8. The molecule has 0 bridgehead atoms. The number of carbonyl (C=O) groups is 2. The van der Waals surface area contributed by atoms with Crippen LogP contribution < -0.4 is 11.1 Å². The Morgan fingerprint density at radius 1 is 1.52 bits per heavy atom. The SMILES string of the molecule is CC(C#N)(NC(=O)CSc1nnc(-c2ccco2)n1CCC(N)=O)C1CC1. The van der Waals surface area contributed by atoms with Crippen LogP contribution in [0.1, 0.15) is 26.2 Å². The maximum atomic E-state index is 12.3. The second-order valence-electron chi connectivity index (χ2n) is 6.58. The summed E-state index contributed by atoms with van der Waals surface area (Å²) in [4.78, 5) is 23.5. The third kappa shape index (κ3) is 4.49. The predicted octanol–water partition coefficient (Wildman–Crippen LogP) is 1.31. The first-order valence-corrected chi connectivity index (χ1v) is 9.52. The molecule has 1 atom stereocenters. The van der Waals surface area contributed by atoms with E-state index in [2.05, 4.69) is 21.6 Å². The van der Waals surface area contributed by atoms with Crippen molar-refractivity contribution in [3.8, 4) is 17.7 Å². The molecular formula is C17H20N6O3S. The molecule has 142 valence electrons. The van der Waals surface area contributed by atoms with Gasteiger partial charge in [-0.15, -0.1) is 10.2 Å². The Hall–Kier alpha value is -2.80. The maximum Gasteiger partial charge on any atom is 0.231 e. The van der Waals surface area contributed by atoms with Crippen molar-refractivity contribution < 1.29 is 14.0 Å². The van der Waals surface area contributed by atoms with Crippen molar-refractivity contribution in [3.05, 3.63) is 18.4 Å². The van der Waals surface area contributed by atoms with Gasteiger partial charge in [0.2, 0.25) is 11.8 Å². The van der Waals surface area contributed by atoms with Crippen molar-refractivity contribution in [2.75, 3.05) is 5.75 Å². The Labute approximate surface area is 160 Å². The number of aromatic nitrogens is 3. The summed E-state index contributed by atoms with van der Waals surface area (Å²) in [5.41, 5.74) is 4.41. The summed E-state index contributed by atoms with van der Waals surface area (Å²) >= 11 is 1.18. The number of carbonyl (C=O) groups excluding carboxylic acids is 2. The van der Waals surface area contributed by atoms with E-state index in [1.54, 1.807) is 23.6 Å². The van der Waals surface area contributed by atoms with Crippen LogP contribution in [0.4, 0.5) is 0 Å². The highest BCUT2D eigenvalue weighted by Crippen LogP contribution is 2.39. The van der Waals surface area contributed by atoms with E-state index < -0.39 is 11.4 Å². The van der Waals surface area contributed by atoms with Gasteiger partial charge in [-0.3, -0.25) is 14.2 Å². The first-order valence-electron chi connectivity index (χ1n) is 8.53. The van der Waals surface area contributed by atoms with Crippen LogP contribution in [-0.2, 0) is 16.1 Å². The number of nitrogens with two attached hydrogens (primary N) is 1. The second-order valence-corrected chi connectivity index (χ2v) is 7.52. The molecule has 10 heteroatoms. The minimum absolute atomic E-state index is 0.0802. The van der Waals surface area contributed by atoms with E-state index in [1.165, 1.54) is 18.0 Å². The van der Waals surface area contributed by atoms with Gasteiger partial charge in [0.25, 0.3) is 0 Å². The lowest BCUT2D eigenvalue weighted by Gasteiger charge is -2.22. The molecule has 1 aliphatic rings. The summed E-state index contributed by atoms with van der Waals surface area (Å²) in [6.45, 7) is 2.03. The minimum Gasteiger partial charge on any atom is -0.461 e. The highest BCUT2D eigenvalue weighted by atomic mass is 32.2. The Morgan fingerprint density at radius 3 is 2.89 bits per heavy atom. The number of nitrogens with zero attached hydrogens (tertiary/aromatic N) is 4. The van der Waals surface area contributed by atoms with Gasteiger partial charge in [-0.1, -0.05) is 11.8 Å². The molecule has 9 nitrogen and oxygen atoms in total. The van der Waals surface area contributed by atoms with E-state index >= 15 is 0 Å². The quantitative estimate of drug-likeness (QED) is 0.617. The van der Waals surface area contributed by atoms with Gasteiger partial charge in [-0.05, 0) is 37.8 Å². The monoisotopic (exact) mass is 388 g/mol. The Balaban J connectivity index is 1.69. The molecule has 27 heavy (non-hydrogen) atoms. The van der Waals surface area contributed by atoms with Crippen LogP contribution in [0.5, 0.6) is 0 Å². The molecule has 1 unspecified atom stereocenters. The van der Waals surface area contributed by atoms with Crippen LogP contribution in [0.15, 0.2) is 28.0 Å². The summed E-state index contributed by atoms with van der Waals surface area (Å²) in [6.07, 6.45) is 3.53. The molecule has 3 rings (SSSR count). The summed E-state index contributed by atoms with van der Waals surface area (Å²) in [7, 11) is 0. The fourth-order valence-corrected chi connectivity index (χ4v) is 3.51.